The lowest BCUT2D eigenvalue weighted by Gasteiger charge is -2.19. The lowest BCUT2D eigenvalue weighted by atomic mass is 10.1. The van der Waals surface area contributed by atoms with Crippen molar-refractivity contribution in [3.05, 3.63) is 29.3 Å². The van der Waals surface area contributed by atoms with Gasteiger partial charge in [0.1, 0.15) is 22.3 Å². The molecule has 1 atom stereocenters. The molecule has 0 amide bonds. The number of aliphatic hydroxyl groups excluding tert-OH is 1. The quantitative estimate of drug-likeness (QED) is 0.782. The number of hydrogen-bond acceptors (Lipinski definition) is 3. The van der Waals surface area contributed by atoms with Crippen molar-refractivity contribution in [3.63, 3.8) is 0 Å². The highest BCUT2D eigenvalue weighted by Crippen LogP contribution is 2.28. The average molecular weight is 258 g/mol. The van der Waals surface area contributed by atoms with Crippen LogP contribution in [0.1, 0.15) is 12.0 Å². The molecule has 3 N–H and O–H groups in total. The van der Waals surface area contributed by atoms with Crippen molar-refractivity contribution in [1.29, 1.82) is 0 Å². The van der Waals surface area contributed by atoms with Gasteiger partial charge in [0.25, 0.3) is 0 Å². The standard InChI is InChI=1S/C11H12F2N2OS/c12-8-3-6(11(14)17)4-9(13)10(8)15-2-1-7(16)5-15/h3-4,7,16H,1-2,5H2,(H2,14,17). The van der Waals surface area contributed by atoms with Gasteiger partial charge >= 0.3 is 0 Å². The molecule has 6 heteroatoms. The Balaban J connectivity index is 2.38. The van der Waals surface area contributed by atoms with E-state index in [9.17, 15) is 13.9 Å². The summed E-state index contributed by atoms with van der Waals surface area (Å²) in [6.07, 6.45) is -0.0281. The van der Waals surface area contributed by atoms with Gasteiger partial charge in [0, 0.05) is 18.7 Å². The lowest BCUT2D eigenvalue weighted by molar-refractivity contribution is 0.198. The first-order valence-electron chi connectivity index (χ1n) is 5.21. The fourth-order valence-corrected chi connectivity index (χ4v) is 2.07. The van der Waals surface area contributed by atoms with Crippen molar-refractivity contribution in [2.75, 3.05) is 18.0 Å². The normalized spacial score (nSPS) is 19.7. The van der Waals surface area contributed by atoms with Crippen LogP contribution in [-0.4, -0.2) is 29.3 Å². The first-order chi connectivity index (χ1) is 7.99. The van der Waals surface area contributed by atoms with E-state index in [4.69, 9.17) is 5.73 Å². The first kappa shape index (κ1) is 12.2. The lowest BCUT2D eigenvalue weighted by Crippen LogP contribution is -2.24. The zero-order valence-electron chi connectivity index (χ0n) is 8.99. The predicted octanol–water partition coefficient (Wildman–Crippen LogP) is 1.17. The van der Waals surface area contributed by atoms with Gasteiger partial charge < -0.3 is 15.7 Å². The van der Waals surface area contributed by atoms with E-state index in [1.165, 1.54) is 4.90 Å². The van der Waals surface area contributed by atoms with Gasteiger partial charge in [-0.3, -0.25) is 0 Å². The molecule has 0 radical (unpaired) electrons. The van der Waals surface area contributed by atoms with Gasteiger partial charge in [-0.2, -0.15) is 0 Å². The van der Waals surface area contributed by atoms with Gasteiger partial charge in [0.15, 0.2) is 0 Å². The van der Waals surface area contributed by atoms with E-state index in [-0.39, 0.29) is 22.8 Å². The zero-order chi connectivity index (χ0) is 12.6. The Morgan fingerprint density at radius 2 is 2.00 bits per heavy atom. The summed E-state index contributed by atoms with van der Waals surface area (Å²) < 4.78 is 27.5. The van der Waals surface area contributed by atoms with Crippen LogP contribution in [-0.2, 0) is 0 Å². The second-order valence-electron chi connectivity index (χ2n) is 4.04. The molecule has 0 aromatic heterocycles. The van der Waals surface area contributed by atoms with Gasteiger partial charge in [-0.15, -0.1) is 0 Å². The third-order valence-electron chi connectivity index (χ3n) is 2.78. The third kappa shape index (κ3) is 2.37. The summed E-state index contributed by atoms with van der Waals surface area (Å²) in [5.41, 5.74) is 5.36. The van der Waals surface area contributed by atoms with Crippen LogP contribution in [0.5, 0.6) is 0 Å². The van der Waals surface area contributed by atoms with Crippen molar-refractivity contribution >= 4 is 22.9 Å². The van der Waals surface area contributed by atoms with E-state index >= 15 is 0 Å². The van der Waals surface area contributed by atoms with Crippen molar-refractivity contribution in [2.24, 2.45) is 5.73 Å². The maximum absolute atomic E-state index is 13.8. The molecule has 1 fully saturated rings. The number of hydrogen-bond donors (Lipinski definition) is 2. The largest absolute Gasteiger partial charge is 0.391 e. The third-order valence-corrected chi connectivity index (χ3v) is 3.02. The molecule has 1 aromatic carbocycles. The highest BCUT2D eigenvalue weighted by Gasteiger charge is 2.25. The monoisotopic (exact) mass is 258 g/mol. The summed E-state index contributed by atoms with van der Waals surface area (Å²) in [5, 5.41) is 9.36. The molecule has 1 aromatic rings. The Bertz CT molecular complexity index is 444. The minimum absolute atomic E-state index is 0.0455. The molecule has 3 nitrogen and oxygen atoms in total. The number of β-amino-alcohol motifs (C(OH)–C–C–N with tert-alkyl or cyclic N) is 1. The van der Waals surface area contributed by atoms with Crippen LogP contribution in [0.4, 0.5) is 14.5 Å². The van der Waals surface area contributed by atoms with E-state index in [1.54, 1.807) is 0 Å². The van der Waals surface area contributed by atoms with E-state index < -0.39 is 17.7 Å². The Morgan fingerprint density at radius 1 is 1.41 bits per heavy atom. The number of rotatable bonds is 2. The van der Waals surface area contributed by atoms with Crippen LogP contribution in [0.15, 0.2) is 12.1 Å². The topological polar surface area (TPSA) is 49.5 Å². The Morgan fingerprint density at radius 3 is 2.41 bits per heavy atom. The van der Waals surface area contributed by atoms with Crippen molar-refractivity contribution < 1.29 is 13.9 Å². The zero-order valence-corrected chi connectivity index (χ0v) is 9.81. The van der Waals surface area contributed by atoms with Gasteiger partial charge in [0.05, 0.1) is 6.10 Å². The molecule has 0 aliphatic carbocycles. The summed E-state index contributed by atoms with van der Waals surface area (Å²) >= 11 is 4.67. The fourth-order valence-electron chi connectivity index (χ4n) is 1.95. The van der Waals surface area contributed by atoms with Gasteiger partial charge in [0.2, 0.25) is 0 Å². The van der Waals surface area contributed by atoms with Gasteiger partial charge in [-0.05, 0) is 18.6 Å². The van der Waals surface area contributed by atoms with Crippen LogP contribution >= 0.6 is 12.2 Å². The second-order valence-corrected chi connectivity index (χ2v) is 4.48. The van der Waals surface area contributed by atoms with Crippen molar-refractivity contribution in [2.45, 2.75) is 12.5 Å². The summed E-state index contributed by atoms with van der Waals surface area (Å²) in [6.45, 7) is 0.668. The van der Waals surface area contributed by atoms with Crippen LogP contribution in [0.25, 0.3) is 0 Å². The van der Waals surface area contributed by atoms with Crippen LogP contribution in [0, 0.1) is 11.6 Å². The Labute approximate surface area is 103 Å². The molecule has 0 saturated carbocycles. The molecular formula is C11H12F2N2OS. The fraction of sp³-hybridized carbons (Fsp3) is 0.364. The van der Waals surface area contributed by atoms with Crippen LogP contribution in [0.3, 0.4) is 0 Å². The summed E-state index contributed by atoms with van der Waals surface area (Å²) in [7, 11) is 0. The second kappa shape index (κ2) is 4.54. The van der Waals surface area contributed by atoms with Crippen LogP contribution < -0.4 is 10.6 Å². The molecule has 1 saturated heterocycles. The number of thiocarbonyl (C=S) groups is 1. The summed E-state index contributed by atoms with van der Waals surface area (Å²) in [4.78, 5) is 1.44. The van der Waals surface area contributed by atoms with Gasteiger partial charge in [-0.25, -0.2) is 8.78 Å². The Kier molecular flexibility index (Phi) is 3.26. The highest BCUT2D eigenvalue weighted by molar-refractivity contribution is 7.80. The molecule has 0 spiro atoms. The molecule has 0 bridgehead atoms. The average Bonchev–Trinajstić information content (AvgIpc) is 2.63. The number of anilines is 1. The van der Waals surface area contributed by atoms with Crippen molar-refractivity contribution in [1.82, 2.24) is 0 Å². The summed E-state index contributed by atoms with van der Waals surface area (Å²) in [5.74, 6) is -1.41. The number of benzene rings is 1. The Hall–Kier alpha value is -1.27. The van der Waals surface area contributed by atoms with E-state index in [1.807, 2.05) is 0 Å². The predicted molar refractivity (Wildman–Crippen MR) is 65.1 cm³/mol. The van der Waals surface area contributed by atoms with E-state index in [0.717, 1.165) is 12.1 Å². The molecule has 1 unspecified atom stereocenters. The number of aliphatic hydroxyl groups is 1. The van der Waals surface area contributed by atoms with E-state index in [2.05, 4.69) is 12.2 Å². The smallest absolute Gasteiger partial charge is 0.150 e. The SMILES string of the molecule is NC(=S)c1cc(F)c(N2CCC(O)C2)c(F)c1. The summed E-state index contributed by atoms with van der Waals surface area (Å²) in [6, 6.07) is 2.23. The molecule has 92 valence electrons. The van der Waals surface area contributed by atoms with E-state index in [0.29, 0.717) is 13.0 Å². The maximum Gasteiger partial charge on any atom is 0.150 e. The molecule has 1 aliphatic rings. The van der Waals surface area contributed by atoms with Crippen molar-refractivity contribution in [3.8, 4) is 0 Å². The number of nitrogens with two attached hydrogens (primary N) is 1. The van der Waals surface area contributed by atoms with Gasteiger partial charge in [-0.1, -0.05) is 12.2 Å². The molecule has 17 heavy (non-hydrogen) atoms. The maximum atomic E-state index is 13.8. The number of halogens is 2. The highest BCUT2D eigenvalue weighted by atomic mass is 32.1. The molecule has 1 aliphatic heterocycles. The molecule has 2 rings (SSSR count). The van der Waals surface area contributed by atoms with Crippen LogP contribution in [0.2, 0.25) is 0 Å². The number of nitrogens with zero attached hydrogens (tertiary/aromatic N) is 1. The molecular weight excluding hydrogens is 246 g/mol. The minimum atomic E-state index is -0.707. The molecule has 1 heterocycles. The minimum Gasteiger partial charge on any atom is -0.391 e. The first-order valence-corrected chi connectivity index (χ1v) is 5.61.